The molecule has 2 aliphatic rings. The van der Waals surface area contributed by atoms with Gasteiger partial charge in [0.05, 0.1) is 30.2 Å². The van der Waals surface area contributed by atoms with E-state index in [1.54, 1.807) is 30.5 Å². The molecule has 0 radical (unpaired) electrons. The summed E-state index contributed by atoms with van der Waals surface area (Å²) in [6, 6.07) is 12.4. The summed E-state index contributed by atoms with van der Waals surface area (Å²) in [5.74, 6) is -3.21. The molecule has 1 fully saturated rings. The quantitative estimate of drug-likeness (QED) is 0.162. The number of amides is 2. The van der Waals surface area contributed by atoms with Crippen LogP contribution in [0.1, 0.15) is 63.1 Å². The lowest BCUT2D eigenvalue weighted by atomic mass is 9.68. The number of carbonyl (C=O) groups is 3. The molecule has 9 heteroatoms. The molecule has 1 aliphatic heterocycles. The van der Waals surface area contributed by atoms with Gasteiger partial charge in [-0.2, -0.15) is 0 Å². The lowest BCUT2D eigenvalue weighted by molar-refractivity contribution is -0.141. The molecule has 4 N–H and O–H groups in total. The highest BCUT2D eigenvalue weighted by Crippen LogP contribution is 2.46. The Hall–Kier alpha value is -3.82. The fraction of sp³-hybridized carbons (Fsp3) is 0.438. The average Bonchev–Trinajstić information content (AvgIpc) is 3.19. The number of benzene rings is 1. The summed E-state index contributed by atoms with van der Waals surface area (Å²) in [6.45, 7) is 1.73. The second kappa shape index (κ2) is 13.7. The van der Waals surface area contributed by atoms with Crippen LogP contribution in [-0.4, -0.2) is 67.3 Å². The van der Waals surface area contributed by atoms with E-state index in [9.17, 15) is 29.7 Å². The summed E-state index contributed by atoms with van der Waals surface area (Å²) >= 11 is 0. The zero-order valence-electron chi connectivity index (χ0n) is 23.3. The molecule has 1 aliphatic carbocycles. The SMILES string of the molecule is CC1=C([C@H](O)CC/C(=C/c2ccc(O)cc2)c2ccccn2)[C@H](CO)[C@@H]2C(=O)N(CCCCCC(=O)O)C(=O)[C@@H]2C1. The van der Waals surface area contributed by atoms with Gasteiger partial charge in [-0.25, -0.2) is 0 Å². The average molecular weight is 563 g/mol. The molecule has 0 bridgehead atoms. The number of pyridine rings is 1. The van der Waals surface area contributed by atoms with Crippen LogP contribution >= 0.6 is 0 Å². The highest BCUT2D eigenvalue weighted by Gasteiger charge is 2.54. The Bertz CT molecular complexity index is 1300. The van der Waals surface area contributed by atoms with Crippen molar-refractivity contribution >= 4 is 29.4 Å². The number of phenolic OH excluding ortho intramolecular Hbond substituents is 1. The van der Waals surface area contributed by atoms with Crippen LogP contribution in [0.4, 0.5) is 0 Å². The van der Waals surface area contributed by atoms with Gasteiger partial charge in [-0.1, -0.05) is 30.2 Å². The fourth-order valence-electron chi connectivity index (χ4n) is 6.17. The van der Waals surface area contributed by atoms with E-state index in [4.69, 9.17) is 5.11 Å². The zero-order valence-corrected chi connectivity index (χ0v) is 23.3. The Kier molecular flexibility index (Phi) is 10.1. The van der Waals surface area contributed by atoms with Crippen molar-refractivity contribution in [1.29, 1.82) is 0 Å². The van der Waals surface area contributed by atoms with E-state index in [1.807, 2.05) is 31.2 Å². The lowest BCUT2D eigenvalue weighted by Crippen LogP contribution is -2.39. The first kappa shape index (κ1) is 30.1. The van der Waals surface area contributed by atoms with E-state index in [2.05, 4.69) is 4.98 Å². The third-order valence-electron chi connectivity index (χ3n) is 8.16. The first-order valence-electron chi connectivity index (χ1n) is 14.2. The molecule has 0 spiro atoms. The van der Waals surface area contributed by atoms with Crippen molar-refractivity contribution < 1.29 is 34.8 Å². The molecular weight excluding hydrogens is 524 g/mol. The molecule has 2 amide bonds. The number of carboxylic acid groups (broad SMARTS) is 1. The number of aliphatic hydroxyl groups excluding tert-OH is 2. The number of aliphatic carboxylic acids is 1. The van der Waals surface area contributed by atoms with E-state index < -0.39 is 29.8 Å². The van der Waals surface area contributed by atoms with E-state index in [0.29, 0.717) is 44.1 Å². The summed E-state index contributed by atoms with van der Waals surface area (Å²) in [5, 5.41) is 40.3. The molecule has 2 heterocycles. The largest absolute Gasteiger partial charge is 0.508 e. The van der Waals surface area contributed by atoms with Gasteiger partial charge in [-0.15, -0.1) is 0 Å². The van der Waals surface area contributed by atoms with Crippen molar-refractivity contribution in [2.75, 3.05) is 13.2 Å². The third kappa shape index (κ3) is 7.10. The Labute approximate surface area is 239 Å². The summed E-state index contributed by atoms with van der Waals surface area (Å²) in [4.78, 5) is 43.1. The smallest absolute Gasteiger partial charge is 0.303 e. The zero-order chi connectivity index (χ0) is 29.5. The topological polar surface area (TPSA) is 148 Å². The Morgan fingerprint density at radius 3 is 2.49 bits per heavy atom. The third-order valence-corrected chi connectivity index (χ3v) is 8.16. The number of rotatable bonds is 13. The normalized spacial score (nSPS) is 21.8. The number of hydrogen-bond acceptors (Lipinski definition) is 7. The van der Waals surface area contributed by atoms with Gasteiger partial charge >= 0.3 is 5.97 Å². The van der Waals surface area contributed by atoms with Gasteiger partial charge in [-0.3, -0.25) is 24.3 Å². The molecule has 1 saturated heterocycles. The maximum atomic E-state index is 13.4. The van der Waals surface area contributed by atoms with Gasteiger partial charge in [0.1, 0.15) is 5.75 Å². The number of allylic oxidation sites excluding steroid dienone is 2. The predicted octanol–water partition coefficient (Wildman–Crippen LogP) is 4.04. The van der Waals surface area contributed by atoms with Gasteiger partial charge in [0.2, 0.25) is 11.8 Å². The van der Waals surface area contributed by atoms with Gasteiger partial charge in [0, 0.05) is 25.1 Å². The molecule has 4 atom stereocenters. The molecule has 1 aromatic carbocycles. The number of nitrogens with zero attached hydrogens (tertiary/aromatic N) is 2. The van der Waals surface area contributed by atoms with E-state index in [0.717, 1.165) is 22.4 Å². The maximum Gasteiger partial charge on any atom is 0.303 e. The van der Waals surface area contributed by atoms with Crippen LogP contribution in [-0.2, 0) is 14.4 Å². The maximum absolute atomic E-state index is 13.4. The first-order valence-corrected chi connectivity index (χ1v) is 14.2. The minimum atomic E-state index is -0.923. The second-order valence-electron chi connectivity index (χ2n) is 10.9. The number of aromatic nitrogens is 1. The number of imide groups is 1. The van der Waals surface area contributed by atoms with Crippen molar-refractivity contribution in [1.82, 2.24) is 9.88 Å². The van der Waals surface area contributed by atoms with Gasteiger partial charge in [0.25, 0.3) is 0 Å². The number of aliphatic hydroxyl groups is 2. The van der Waals surface area contributed by atoms with Crippen LogP contribution in [0.15, 0.2) is 59.8 Å². The predicted molar refractivity (Wildman–Crippen MR) is 153 cm³/mol. The van der Waals surface area contributed by atoms with Crippen molar-refractivity contribution in [3.05, 3.63) is 71.1 Å². The highest BCUT2D eigenvalue weighted by atomic mass is 16.4. The second-order valence-corrected chi connectivity index (χ2v) is 10.9. The Morgan fingerprint density at radius 1 is 1.07 bits per heavy atom. The van der Waals surface area contributed by atoms with Gasteiger partial charge in [-0.05, 0) is 86.1 Å². The first-order chi connectivity index (χ1) is 19.7. The molecule has 9 nitrogen and oxygen atoms in total. The molecule has 4 rings (SSSR count). The molecule has 0 saturated carbocycles. The fourth-order valence-corrected chi connectivity index (χ4v) is 6.17. The van der Waals surface area contributed by atoms with Crippen molar-refractivity contribution in [3.63, 3.8) is 0 Å². The summed E-state index contributed by atoms with van der Waals surface area (Å²) in [7, 11) is 0. The van der Waals surface area contributed by atoms with Crippen LogP contribution in [0.25, 0.3) is 11.6 Å². The number of carboxylic acids is 1. The number of unbranched alkanes of at least 4 members (excludes halogenated alkanes) is 2. The van der Waals surface area contributed by atoms with Crippen LogP contribution < -0.4 is 0 Å². The summed E-state index contributed by atoms with van der Waals surface area (Å²) in [5.41, 5.74) is 3.98. The van der Waals surface area contributed by atoms with E-state index in [-0.39, 0.29) is 37.1 Å². The molecule has 41 heavy (non-hydrogen) atoms. The van der Waals surface area contributed by atoms with Crippen LogP contribution in [0.2, 0.25) is 0 Å². The number of aromatic hydroxyl groups is 1. The van der Waals surface area contributed by atoms with Gasteiger partial charge < -0.3 is 20.4 Å². The Morgan fingerprint density at radius 2 is 1.83 bits per heavy atom. The number of hydrogen-bond donors (Lipinski definition) is 4. The molecule has 1 aromatic heterocycles. The molecule has 0 unspecified atom stereocenters. The Balaban J connectivity index is 1.48. The summed E-state index contributed by atoms with van der Waals surface area (Å²) < 4.78 is 0. The number of fused-ring (bicyclic) bond motifs is 1. The van der Waals surface area contributed by atoms with Gasteiger partial charge in [0.15, 0.2) is 0 Å². The number of likely N-dealkylation sites (tertiary alicyclic amines) is 1. The number of phenols is 1. The minimum absolute atomic E-state index is 0.0519. The van der Waals surface area contributed by atoms with Crippen LogP contribution in [0.3, 0.4) is 0 Å². The van der Waals surface area contributed by atoms with Crippen molar-refractivity contribution in [3.8, 4) is 5.75 Å². The minimum Gasteiger partial charge on any atom is -0.508 e. The molecule has 218 valence electrons. The van der Waals surface area contributed by atoms with E-state index >= 15 is 0 Å². The van der Waals surface area contributed by atoms with Crippen LogP contribution in [0, 0.1) is 17.8 Å². The monoisotopic (exact) mass is 562 g/mol. The van der Waals surface area contributed by atoms with E-state index in [1.165, 1.54) is 4.90 Å². The highest BCUT2D eigenvalue weighted by molar-refractivity contribution is 6.05. The summed E-state index contributed by atoms with van der Waals surface area (Å²) in [6.07, 6.45) is 5.55. The van der Waals surface area contributed by atoms with Crippen LogP contribution in [0.5, 0.6) is 5.75 Å². The lowest BCUT2D eigenvalue weighted by Gasteiger charge is -2.35. The molecule has 2 aromatic rings. The number of carbonyl (C=O) groups excluding carboxylic acids is 2. The standard InChI is InChI=1S/C32H38N2O7/c1-20-17-24-30(32(41)34(31(24)40)16-6-2-3-8-28(38)39)25(19-35)29(20)27(37)14-11-22(26-7-4-5-15-33-26)18-21-9-12-23(36)13-10-21/h4-5,7,9-10,12-13,15,18,24-25,27,30,35-37H,2-3,6,8,11,14,16-17,19H2,1H3,(H,38,39)/b22-18-/t24-,25+,27-,30-/m1/s1. The van der Waals surface area contributed by atoms with Crippen molar-refractivity contribution in [2.24, 2.45) is 17.8 Å². The van der Waals surface area contributed by atoms with Crippen molar-refractivity contribution in [2.45, 2.75) is 58.0 Å². The molecular formula is C32H38N2O7.